The number of carbonyl (C=O) groups is 2. The van der Waals surface area contributed by atoms with Gasteiger partial charge in [-0.25, -0.2) is 9.18 Å². The fourth-order valence-electron chi connectivity index (χ4n) is 3.04. The summed E-state index contributed by atoms with van der Waals surface area (Å²) in [4.78, 5) is 25.1. The van der Waals surface area contributed by atoms with Gasteiger partial charge in [-0.15, -0.1) is 11.3 Å². The molecule has 0 fully saturated rings. The Bertz CT molecular complexity index is 1150. The van der Waals surface area contributed by atoms with Gasteiger partial charge in [0.2, 0.25) is 12.7 Å². The molecule has 4 rings (SSSR count). The highest BCUT2D eigenvalue weighted by Crippen LogP contribution is 2.36. The number of anilines is 1. The number of fused-ring (bicyclic) bond motifs is 1. The van der Waals surface area contributed by atoms with Crippen molar-refractivity contribution in [2.24, 2.45) is 0 Å². The monoisotopic (exact) mass is 439 g/mol. The lowest BCUT2D eigenvalue weighted by molar-refractivity contribution is -0.111. The summed E-state index contributed by atoms with van der Waals surface area (Å²) in [7, 11) is 0. The van der Waals surface area contributed by atoms with Gasteiger partial charge in [0, 0.05) is 17.0 Å². The van der Waals surface area contributed by atoms with E-state index in [-0.39, 0.29) is 24.8 Å². The predicted molar refractivity (Wildman–Crippen MR) is 116 cm³/mol. The molecule has 1 N–H and O–H groups in total. The van der Waals surface area contributed by atoms with Crippen LogP contribution in [0.25, 0.3) is 17.2 Å². The largest absolute Gasteiger partial charge is 0.462 e. The van der Waals surface area contributed by atoms with Crippen molar-refractivity contribution in [3.8, 4) is 22.6 Å². The molecule has 2 aromatic carbocycles. The Morgan fingerprint density at radius 3 is 2.71 bits per heavy atom. The Hall–Kier alpha value is -3.65. The number of ether oxygens (including phenoxy) is 3. The van der Waals surface area contributed by atoms with E-state index in [1.165, 1.54) is 29.5 Å². The van der Waals surface area contributed by atoms with Gasteiger partial charge in [-0.3, -0.25) is 4.79 Å². The van der Waals surface area contributed by atoms with E-state index in [0.717, 1.165) is 5.56 Å². The molecule has 1 aromatic heterocycles. The zero-order valence-electron chi connectivity index (χ0n) is 16.5. The smallest absolute Gasteiger partial charge is 0.341 e. The van der Waals surface area contributed by atoms with Gasteiger partial charge in [0.05, 0.1) is 6.61 Å². The number of nitrogens with one attached hydrogen (secondary N) is 1. The molecule has 0 aliphatic carbocycles. The molecule has 0 spiro atoms. The number of hydrogen-bond donors (Lipinski definition) is 1. The Labute approximate surface area is 181 Å². The summed E-state index contributed by atoms with van der Waals surface area (Å²) in [5.41, 5.74) is 2.22. The summed E-state index contributed by atoms with van der Waals surface area (Å²) in [6.07, 6.45) is 3.00. The second-order valence-corrected chi connectivity index (χ2v) is 7.40. The molecule has 1 aliphatic heterocycles. The molecule has 2 heterocycles. The highest BCUT2D eigenvalue weighted by atomic mass is 32.1. The molecule has 0 bridgehead atoms. The quantitative estimate of drug-likeness (QED) is 0.427. The highest BCUT2D eigenvalue weighted by molar-refractivity contribution is 7.15. The first-order chi connectivity index (χ1) is 15.0. The second kappa shape index (κ2) is 9.01. The first-order valence-corrected chi connectivity index (χ1v) is 10.4. The molecule has 6 nitrogen and oxygen atoms in total. The maximum absolute atomic E-state index is 13.3. The van der Waals surface area contributed by atoms with Crippen LogP contribution < -0.4 is 14.8 Å². The van der Waals surface area contributed by atoms with E-state index in [2.05, 4.69) is 5.32 Å². The predicted octanol–water partition coefficient (Wildman–Crippen LogP) is 5.11. The van der Waals surface area contributed by atoms with Crippen molar-refractivity contribution < 1.29 is 28.2 Å². The third-order valence-corrected chi connectivity index (χ3v) is 5.38. The van der Waals surface area contributed by atoms with Gasteiger partial charge in [0.25, 0.3) is 0 Å². The third-order valence-electron chi connectivity index (χ3n) is 4.49. The zero-order chi connectivity index (χ0) is 21.8. The molecule has 3 aromatic rings. The van der Waals surface area contributed by atoms with E-state index in [0.29, 0.717) is 27.6 Å². The average Bonchev–Trinajstić information content (AvgIpc) is 3.39. The lowest BCUT2D eigenvalue weighted by Gasteiger charge is -2.08. The first-order valence-electron chi connectivity index (χ1n) is 9.48. The Morgan fingerprint density at radius 1 is 1.16 bits per heavy atom. The van der Waals surface area contributed by atoms with E-state index in [1.807, 2.05) is 0 Å². The third kappa shape index (κ3) is 4.59. The zero-order valence-corrected chi connectivity index (χ0v) is 17.3. The van der Waals surface area contributed by atoms with E-state index >= 15 is 0 Å². The fourth-order valence-corrected chi connectivity index (χ4v) is 4.00. The molecule has 0 unspecified atom stereocenters. The van der Waals surface area contributed by atoms with Crippen LogP contribution in [-0.4, -0.2) is 25.3 Å². The highest BCUT2D eigenvalue weighted by Gasteiger charge is 2.22. The molecule has 0 saturated carbocycles. The summed E-state index contributed by atoms with van der Waals surface area (Å²) in [5.74, 6) is -0.0605. The van der Waals surface area contributed by atoms with Gasteiger partial charge in [-0.05, 0) is 48.4 Å². The average molecular weight is 439 g/mol. The molecule has 1 aliphatic rings. The van der Waals surface area contributed by atoms with Crippen LogP contribution >= 0.6 is 11.3 Å². The first kappa shape index (κ1) is 20.6. The van der Waals surface area contributed by atoms with E-state index in [9.17, 15) is 14.0 Å². The Morgan fingerprint density at radius 2 is 1.94 bits per heavy atom. The number of amides is 1. The Balaban J connectivity index is 1.56. The Kier molecular flexibility index (Phi) is 5.99. The summed E-state index contributed by atoms with van der Waals surface area (Å²) in [6.45, 7) is 2.07. The second-order valence-electron chi connectivity index (χ2n) is 6.52. The van der Waals surface area contributed by atoms with E-state index in [1.54, 1.807) is 48.7 Å². The maximum Gasteiger partial charge on any atom is 0.341 e. The number of benzene rings is 2. The standard InChI is InChI=1S/C23H18FNO5S/c1-2-28-23(27)21-17(15-5-7-16(24)8-6-15)12-31-22(21)25-20(26)10-4-14-3-9-18-19(11-14)30-13-29-18/h3-12H,2,13H2,1H3,(H,25,26). The van der Waals surface area contributed by atoms with Gasteiger partial charge in [-0.1, -0.05) is 18.2 Å². The van der Waals surface area contributed by atoms with Crippen molar-refractivity contribution in [3.05, 3.63) is 70.9 Å². The number of hydrogen-bond acceptors (Lipinski definition) is 6. The molecule has 31 heavy (non-hydrogen) atoms. The summed E-state index contributed by atoms with van der Waals surface area (Å²) in [6, 6.07) is 11.1. The van der Waals surface area contributed by atoms with Crippen LogP contribution in [0.3, 0.4) is 0 Å². The topological polar surface area (TPSA) is 73.9 Å². The van der Waals surface area contributed by atoms with Crippen molar-refractivity contribution in [1.82, 2.24) is 0 Å². The van der Waals surface area contributed by atoms with Crippen LogP contribution in [0.15, 0.2) is 53.9 Å². The summed E-state index contributed by atoms with van der Waals surface area (Å²) < 4.78 is 29.1. The van der Waals surface area contributed by atoms with Crippen LogP contribution in [0, 0.1) is 5.82 Å². The SMILES string of the molecule is CCOC(=O)c1c(-c2ccc(F)cc2)csc1NC(=O)C=Cc1ccc2c(c1)OCO2. The van der Waals surface area contributed by atoms with Crippen molar-refractivity contribution >= 4 is 34.3 Å². The molecule has 158 valence electrons. The van der Waals surface area contributed by atoms with Crippen LogP contribution in [0.1, 0.15) is 22.8 Å². The number of halogens is 1. The molecule has 0 atom stereocenters. The minimum Gasteiger partial charge on any atom is -0.462 e. The molecule has 0 radical (unpaired) electrons. The number of thiophene rings is 1. The maximum atomic E-state index is 13.3. The molecule has 1 amide bonds. The minimum atomic E-state index is -0.557. The van der Waals surface area contributed by atoms with Crippen molar-refractivity contribution in [3.63, 3.8) is 0 Å². The van der Waals surface area contributed by atoms with Crippen molar-refractivity contribution in [2.45, 2.75) is 6.92 Å². The number of carbonyl (C=O) groups excluding carboxylic acids is 2. The van der Waals surface area contributed by atoms with E-state index in [4.69, 9.17) is 14.2 Å². The van der Waals surface area contributed by atoms with Crippen LogP contribution in [0.4, 0.5) is 9.39 Å². The van der Waals surface area contributed by atoms with E-state index < -0.39 is 11.9 Å². The number of rotatable bonds is 6. The molecule has 0 saturated heterocycles. The lowest BCUT2D eigenvalue weighted by atomic mass is 10.0. The number of esters is 1. The summed E-state index contributed by atoms with van der Waals surface area (Å²) in [5, 5.41) is 4.83. The van der Waals surface area contributed by atoms with Gasteiger partial charge < -0.3 is 19.5 Å². The summed E-state index contributed by atoms with van der Waals surface area (Å²) >= 11 is 1.20. The molecular weight excluding hydrogens is 421 g/mol. The van der Waals surface area contributed by atoms with Crippen molar-refractivity contribution in [1.29, 1.82) is 0 Å². The molecular formula is C23H18FNO5S. The van der Waals surface area contributed by atoms with Crippen molar-refractivity contribution in [2.75, 3.05) is 18.7 Å². The minimum absolute atomic E-state index is 0.175. The normalized spacial score (nSPS) is 12.2. The van der Waals surface area contributed by atoms with Gasteiger partial charge in [0.1, 0.15) is 16.4 Å². The van der Waals surface area contributed by atoms with Crippen LogP contribution in [-0.2, 0) is 9.53 Å². The van der Waals surface area contributed by atoms with Gasteiger partial charge in [0.15, 0.2) is 11.5 Å². The lowest BCUT2D eigenvalue weighted by Crippen LogP contribution is -2.12. The van der Waals surface area contributed by atoms with Crippen LogP contribution in [0.2, 0.25) is 0 Å². The molecule has 8 heteroatoms. The van der Waals surface area contributed by atoms with Gasteiger partial charge in [-0.2, -0.15) is 0 Å². The fraction of sp³-hybridized carbons (Fsp3) is 0.130. The van der Waals surface area contributed by atoms with Crippen LogP contribution in [0.5, 0.6) is 11.5 Å². The van der Waals surface area contributed by atoms with Gasteiger partial charge >= 0.3 is 5.97 Å².